The minimum atomic E-state index is -0.695. The number of aryl methyl sites for hydroxylation is 2. The number of hydrogen-bond acceptors (Lipinski definition) is 5. The number of piperidine rings is 1. The number of halogens is 2. The first-order chi connectivity index (χ1) is 17.1. The van der Waals surface area contributed by atoms with Crippen LogP contribution in [0.4, 0.5) is 4.39 Å². The molecule has 0 radical (unpaired) electrons. The number of likely N-dealkylation sites (tertiary alicyclic amines) is 1. The Morgan fingerprint density at radius 2 is 2.03 bits per heavy atom. The van der Waals surface area contributed by atoms with Crippen LogP contribution in [0.2, 0.25) is 5.02 Å². The summed E-state index contributed by atoms with van der Waals surface area (Å²) in [5.41, 5.74) is 7.76. The Hall–Kier alpha value is -3.53. The van der Waals surface area contributed by atoms with Gasteiger partial charge >= 0.3 is 0 Å². The minimum Gasteiger partial charge on any atom is -0.364 e. The number of nitrogens with zero attached hydrogens (tertiary/aromatic N) is 4. The van der Waals surface area contributed by atoms with Crippen LogP contribution in [-0.2, 0) is 16.1 Å². The predicted octanol–water partition coefficient (Wildman–Crippen LogP) is 2.81. The number of rotatable bonds is 6. The average Bonchev–Trinajstić information content (AvgIpc) is 3.30. The van der Waals surface area contributed by atoms with Crippen LogP contribution in [0.3, 0.4) is 0 Å². The molecule has 5 rings (SSSR count). The molecule has 1 aliphatic carbocycles. The lowest BCUT2D eigenvalue weighted by atomic mass is 10.1. The maximum absolute atomic E-state index is 14.4. The summed E-state index contributed by atoms with van der Waals surface area (Å²) >= 11 is 5.89. The van der Waals surface area contributed by atoms with Crippen molar-refractivity contribution in [1.29, 1.82) is 0 Å². The van der Waals surface area contributed by atoms with E-state index in [1.165, 1.54) is 10.7 Å². The van der Waals surface area contributed by atoms with Crippen molar-refractivity contribution >= 4 is 40.2 Å². The van der Waals surface area contributed by atoms with Crippen molar-refractivity contribution in [1.82, 2.24) is 25.0 Å². The number of nitrogens with one attached hydrogen (secondary N) is 1. The van der Waals surface area contributed by atoms with Gasteiger partial charge in [0.1, 0.15) is 18.4 Å². The second kappa shape index (κ2) is 8.85. The molecule has 0 bridgehead atoms. The van der Waals surface area contributed by atoms with E-state index in [1.54, 1.807) is 43.9 Å². The van der Waals surface area contributed by atoms with Gasteiger partial charge in [0.25, 0.3) is 5.91 Å². The molecule has 0 spiro atoms. The highest BCUT2D eigenvalue weighted by Crippen LogP contribution is 2.48. The number of carbonyl (C=O) groups is 3. The number of hydrogen-bond donors (Lipinski definition) is 2. The third-order valence-electron chi connectivity index (χ3n) is 7.05. The maximum atomic E-state index is 14.4. The van der Waals surface area contributed by atoms with Crippen molar-refractivity contribution in [2.75, 3.05) is 0 Å². The van der Waals surface area contributed by atoms with Gasteiger partial charge in [-0.25, -0.2) is 4.39 Å². The van der Waals surface area contributed by atoms with E-state index >= 15 is 0 Å². The number of nitrogens with two attached hydrogens (primary N) is 1. The van der Waals surface area contributed by atoms with E-state index < -0.39 is 23.8 Å². The van der Waals surface area contributed by atoms with Gasteiger partial charge in [0.05, 0.1) is 22.3 Å². The van der Waals surface area contributed by atoms with Gasteiger partial charge in [0.2, 0.25) is 11.8 Å². The van der Waals surface area contributed by atoms with Gasteiger partial charge in [-0.2, -0.15) is 5.10 Å². The maximum Gasteiger partial charge on any atom is 0.269 e. The van der Waals surface area contributed by atoms with Crippen molar-refractivity contribution in [3.8, 4) is 0 Å². The van der Waals surface area contributed by atoms with Gasteiger partial charge in [-0.05, 0) is 51.7 Å². The third-order valence-corrected chi connectivity index (χ3v) is 7.34. The fourth-order valence-electron chi connectivity index (χ4n) is 5.35. The largest absolute Gasteiger partial charge is 0.364 e. The Morgan fingerprint density at radius 3 is 2.75 bits per heavy atom. The summed E-state index contributed by atoms with van der Waals surface area (Å²) < 4.78 is 15.9. The molecule has 1 aliphatic heterocycles. The summed E-state index contributed by atoms with van der Waals surface area (Å²) in [5, 5.41) is 7.67. The van der Waals surface area contributed by atoms with E-state index in [0.717, 1.165) is 6.42 Å². The number of amides is 3. The fraction of sp³-hybridized carbons (Fsp3) is 0.400. The lowest BCUT2D eigenvalue weighted by Crippen LogP contribution is -2.49. The number of fused-ring (bicyclic) bond motifs is 2. The monoisotopic (exact) mass is 512 g/mol. The van der Waals surface area contributed by atoms with Crippen LogP contribution >= 0.6 is 11.6 Å². The Kier molecular flexibility index (Phi) is 5.94. The molecule has 3 amide bonds. The van der Waals surface area contributed by atoms with Crippen LogP contribution in [0, 0.1) is 25.6 Å². The van der Waals surface area contributed by atoms with E-state index in [9.17, 15) is 18.8 Å². The van der Waals surface area contributed by atoms with E-state index in [4.69, 9.17) is 17.3 Å². The molecular weight excluding hydrogens is 487 g/mol. The Labute approximate surface area is 211 Å². The second-order valence-corrected chi connectivity index (χ2v) is 10.0. The summed E-state index contributed by atoms with van der Waals surface area (Å²) in [6, 6.07) is 5.03. The number of aromatic nitrogens is 3. The molecule has 3 heterocycles. The van der Waals surface area contributed by atoms with Gasteiger partial charge in [-0.15, -0.1) is 0 Å². The van der Waals surface area contributed by atoms with E-state index in [2.05, 4.69) is 15.4 Å². The highest BCUT2D eigenvalue weighted by atomic mass is 35.5. The third kappa shape index (κ3) is 4.09. The molecule has 9 nitrogen and oxygen atoms in total. The van der Waals surface area contributed by atoms with Gasteiger partial charge in [-0.3, -0.25) is 24.0 Å². The zero-order valence-corrected chi connectivity index (χ0v) is 20.8. The quantitative estimate of drug-likeness (QED) is 0.525. The summed E-state index contributed by atoms with van der Waals surface area (Å²) in [5.74, 6) is -1.66. The first-order valence-electron chi connectivity index (χ1n) is 11.8. The van der Waals surface area contributed by atoms with E-state index in [-0.39, 0.29) is 46.6 Å². The average molecular weight is 513 g/mol. The fourth-order valence-corrected chi connectivity index (χ4v) is 5.53. The van der Waals surface area contributed by atoms with Crippen LogP contribution in [0.25, 0.3) is 10.9 Å². The van der Waals surface area contributed by atoms with Crippen molar-refractivity contribution in [3.05, 3.63) is 57.8 Å². The molecule has 3 aromatic rings. The van der Waals surface area contributed by atoms with Crippen LogP contribution in [-0.4, -0.2) is 49.5 Å². The lowest BCUT2D eigenvalue weighted by molar-refractivity contribution is -0.140. The predicted molar refractivity (Wildman–Crippen MR) is 131 cm³/mol. The molecule has 2 aromatic heterocycles. The van der Waals surface area contributed by atoms with Crippen LogP contribution in [0.1, 0.15) is 53.2 Å². The summed E-state index contributed by atoms with van der Waals surface area (Å²) in [6.45, 7) is 5.09. The Bertz CT molecular complexity index is 1420. The van der Waals surface area contributed by atoms with Crippen molar-refractivity contribution in [3.63, 3.8) is 0 Å². The lowest BCUT2D eigenvalue weighted by Gasteiger charge is -2.28. The first-order valence-corrected chi connectivity index (χ1v) is 12.1. The van der Waals surface area contributed by atoms with Crippen molar-refractivity contribution < 1.29 is 18.8 Å². The highest BCUT2D eigenvalue weighted by Gasteiger charge is 2.56. The normalized spacial score (nSPS) is 21.4. The van der Waals surface area contributed by atoms with Crippen molar-refractivity contribution in [2.24, 2.45) is 11.7 Å². The van der Waals surface area contributed by atoms with Gasteiger partial charge in [0.15, 0.2) is 5.69 Å². The van der Waals surface area contributed by atoms with E-state index in [0.29, 0.717) is 28.7 Å². The molecule has 1 aromatic carbocycles. The van der Waals surface area contributed by atoms with Crippen LogP contribution < -0.4 is 11.1 Å². The molecule has 4 atom stereocenters. The van der Waals surface area contributed by atoms with Gasteiger partial charge in [-0.1, -0.05) is 23.7 Å². The summed E-state index contributed by atoms with van der Waals surface area (Å²) in [6.07, 6.45) is 1.37. The molecule has 36 heavy (non-hydrogen) atoms. The zero-order chi connectivity index (χ0) is 25.9. The molecule has 2 fully saturated rings. The molecule has 1 saturated carbocycles. The Balaban J connectivity index is 1.38. The standard InChI is InChI=1S/C25H26ClFN6O3/c1-11-7-16-22(24(28)35)31-32(23(16)13(3)29-11)10-20(34)33-18-8-14(18)9-19(33)25(36)30-12(2)15-5-4-6-17(26)21(15)27/h4-7,12,14,18-19H,8-10H2,1-3H3,(H2,28,35)(H,30,36)/t12-,14-,18-,19+/m1/s1. The summed E-state index contributed by atoms with van der Waals surface area (Å²) in [7, 11) is 0. The SMILES string of the molecule is Cc1cc2c(C(N)=O)nn(CC(=O)N3[C@@H]4C[C@@H]4C[C@H]3C(=O)N[C@H](C)c3cccc(Cl)c3F)c2c(C)n1. The number of primary amides is 1. The molecule has 188 valence electrons. The molecular formula is C25H26ClFN6O3. The van der Waals surface area contributed by atoms with Crippen LogP contribution in [0.5, 0.6) is 0 Å². The summed E-state index contributed by atoms with van der Waals surface area (Å²) in [4.78, 5) is 44.7. The highest BCUT2D eigenvalue weighted by molar-refractivity contribution is 6.30. The second-order valence-electron chi connectivity index (χ2n) is 9.60. The zero-order valence-electron chi connectivity index (χ0n) is 20.1. The van der Waals surface area contributed by atoms with E-state index in [1.807, 2.05) is 0 Å². The topological polar surface area (TPSA) is 123 Å². The number of carbonyl (C=O) groups excluding carboxylic acids is 3. The van der Waals surface area contributed by atoms with Gasteiger partial charge in [0, 0.05) is 22.7 Å². The van der Waals surface area contributed by atoms with Gasteiger partial charge < -0.3 is 16.0 Å². The molecule has 11 heteroatoms. The molecule has 2 aliphatic rings. The number of benzene rings is 1. The Morgan fingerprint density at radius 1 is 1.28 bits per heavy atom. The molecule has 0 unspecified atom stereocenters. The van der Waals surface area contributed by atoms with Crippen molar-refractivity contribution in [2.45, 2.75) is 58.3 Å². The van der Waals surface area contributed by atoms with Crippen LogP contribution in [0.15, 0.2) is 24.3 Å². The number of pyridine rings is 1. The smallest absolute Gasteiger partial charge is 0.269 e. The first kappa shape index (κ1) is 24.2. The minimum absolute atomic E-state index is 0.0192. The molecule has 3 N–H and O–H groups in total. The molecule has 1 saturated heterocycles.